The van der Waals surface area contributed by atoms with E-state index in [4.69, 9.17) is 4.42 Å². The van der Waals surface area contributed by atoms with Crippen molar-refractivity contribution in [2.75, 3.05) is 0 Å². The molecule has 2 heteroatoms. The van der Waals surface area contributed by atoms with E-state index >= 15 is 0 Å². The van der Waals surface area contributed by atoms with Crippen molar-refractivity contribution in [3.8, 4) is 0 Å². The number of carbonyl (C=O) groups is 1. The number of aryl methyl sites for hydroxylation is 1. The van der Waals surface area contributed by atoms with Crippen LogP contribution in [0.5, 0.6) is 0 Å². The number of hydrogen-bond acceptors (Lipinski definition) is 2. The summed E-state index contributed by atoms with van der Waals surface area (Å²) in [6.45, 7) is 6.06. The molecule has 17 heavy (non-hydrogen) atoms. The van der Waals surface area contributed by atoms with Crippen molar-refractivity contribution < 1.29 is 9.21 Å². The number of furan rings is 1. The van der Waals surface area contributed by atoms with Crippen LogP contribution in [0.15, 0.2) is 28.4 Å². The minimum atomic E-state index is -0.111. The number of rotatable bonds is 3. The maximum Gasteiger partial charge on any atom is 0.156 e. The van der Waals surface area contributed by atoms with Gasteiger partial charge < -0.3 is 4.42 Å². The summed E-state index contributed by atoms with van der Waals surface area (Å²) in [7, 11) is 0. The predicted octanol–water partition coefficient (Wildman–Crippen LogP) is 3.80. The lowest BCUT2D eigenvalue weighted by molar-refractivity contribution is -0.116. The van der Waals surface area contributed by atoms with Crippen molar-refractivity contribution in [3.05, 3.63) is 35.3 Å². The van der Waals surface area contributed by atoms with Crippen LogP contribution >= 0.6 is 0 Å². The highest BCUT2D eigenvalue weighted by molar-refractivity contribution is 5.91. The van der Waals surface area contributed by atoms with E-state index in [9.17, 15) is 4.79 Å². The average molecular weight is 232 g/mol. The highest BCUT2D eigenvalue weighted by atomic mass is 16.3. The van der Waals surface area contributed by atoms with Crippen molar-refractivity contribution in [1.82, 2.24) is 0 Å². The van der Waals surface area contributed by atoms with E-state index in [1.807, 2.05) is 19.9 Å². The summed E-state index contributed by atoms with van der Waals surface area (Å²) in [5.74, 6) is 1.23. The van der Waals surface area contributed by atoms with E-state index in [2.05, 4.69) is 6.92 Å². The van der Waals surface area contributed by atoms with E-state index in [0.717, 1.165) is 30.6 Å². The Kier molecular flexibility index (Phi) is 3.23. The van der Waals surface area contributed by atoms with Gasteiger partial charge in [-0.15, -0.1) is 0 Å². The first-order valence-electron chi connectivity index (χ1n) is 6.26. The Labute approximate surface area is 103 Å². The Morgan fingerprint density at radius 1 is 1.53 bits per heavy atom. The van der Waals surface area contributed by atoms with Crippen molar-refractivity contribution in [2.45, 2.75) is 51.9 Å². The van der Waals surface area contributed by atoms with Gasteiger partial charge in [0, 0.05) is 11.8 Å². The van der Waals surface area contributed by atoms with Crippen LogP contribution in [0.3, 0.4) is 0 Å². The number of ketones is 1. The molecule has 1 aliphatic carbocycles. The third kappa shape index (κ3) is 2.51. The van der Waals surface area contributed by atoms with Gasteiger partial charge in [0.15, 0.2) is 5.78 Å². The minimum absolute atomic E-state index is 0.111. The minimum Gasteiger partial charge on any atom is -0.468 e. The molecule has 0 saturated heterocycles. The Hall–Kier alpha value is -1.31. The molecule has 0 aromatic carbocycles. The smallest absolute Gasteiger partial charge is 0.156 e. The third-order valence-corrected chi connectivity index (χ3v) is 3.48. The van der Waals surface area contributed by atoms with E-state index in [1.165, 1.54) is 5.56 Å². The van der Waals surface area contributed by atoms with Crippen LogP contribution in [0, 0.1) is 0 Å². The molecule has 0 radical (unpaired) electrons. The van der Waals surface area contributed by atoms with Crippen LogP contribution in [-0.4, -0.2) is 5.78 Å². The molecule has 92 valence electrons. The van der Waals surface area contributed by atoms with Crippen molar-refractivity contribution in [3.63, 3.8) is 0 Å². The Balaban J connectivity index is 2.22. The summed E-state index contributed by atoms with van der Waals surface area (Å²) >= 11 is 0. The van der Waals surface area contributed by atoms with Gasteiger partial charge in [-0.2, -0.15) is 0 Å². The quantitative estimate of drug-likeness (QED) is 0.742. The lowest BCUT2D eigenvalue weighted by Crippen LogP contribution is -2.29. The number of carbonyl (C=O) groups excluding carboxylic acids is 1. The summed E-state index contributed by atoms with van der Waals surface area (Å²) in [6.07, 6.45) is 7.31. The first kappa shape index (κ1) is 12.2. The molecule has 0 N–H and O–H groups in total. The average Bonchev–Trinajstić information content (AvgIpc) is 2.65. The molecule has 1 aliphatic rings. The van der Waals surface area contributed by atoms with Crippen LogP contribution in [0.1, 0.15) is 51.4 Å². The molecule has 1 aromatic heterocycles. The predicted molar refractivity (Wildman–Crippen MR) is 68.1 cm³/mol. The van der Waals surface area contributed by atoms with Crippen LogP contribution in [0.2, 0.25) is 0 Å². The molecule has 1 unspecified atom stereocenters. The van der Waals surface area contributed by atoms with Crippen molar-refractivity contribution in [2.24, 2.45) is 0 Å². The van der Waals surface area contributed by atoms with E-state index < -0.39 is 0 Å². The molecule has 1 aromatic rings. The van der Waals surface area contributed by atoms with Gasteiger partial charge in [0.25, 0.3) is 0 Å². The Bertz CT molecular complexity index is 449. The molecule has 0 aliphatic heterocycles. The maximum absolute atomic E-state index is 11.9. The Morgan fingerprint density at radius 2 is 2.29 bits per heavy atom. The normalized spacial score (nSPS) is 23.0. The molecule has 0 spiro atoms. The SMILES string of the molecule is CC(C)=CC(=O)CC1(C)CCCc2ccoc21. The fraction of sp³-hybridized carbons (Fsp3) is 0.533. The summed E-state index contributed by atoms with van der Waals surface area (Å²) < 4.78 is 5.60. The van der Waals surface area contributed by atoms with E-state index in [1.54, 1.807) is 12.3 Å². The highest BCUT2D eigenvalue weighted by Gasteiger charge is 2.36. The molecule has 0 fully saturated rings. The molecular weight excluding hydrogens is 212 g/mol. The van der Waals surface area contributed by atoms with E-state index in [0.29, 0.717) is 6.42 Å². The molecule has 2 rings (SSSR count). The van der Waals surface area contributed by atoms with Gasteiger partial charge in [0.1, 0.15) is 5.76 Å². The summed E-state index contributed by atoms with van der Waals surface area (Å²) in [5, 5.41) is 0. The second-order valence-electron chi connectivity index (χ2n) is 5.55. The molecule has 0 amide bonds. The molecule has 0 saturated carbocycles. The second kappa shape index (κ2) is 4.52. The van der Waals surface area contributed by atoms with Crippen molar-refractivity contribution in [1.29, 1.82) is 0 Å². The van der Waals surface area contributed by atoms with Gasteiger partial charge in [-0.3, -0.25) is 4.79 Å². The van der Waals surface area contributed by atoms with Gasteiger partial charge in [-0.1, -0.05) is 12.5 Å². The number of hydrogen-bond donors (Lipinski definition) is 0. The molecular formula is C15H20O2. The zero-order chi connectivity index (χ0) is 12.5. The third-order valence-electron chi connectivity index (χ3n) is 3.48. The van der Waals surface area contributed by atoms with Gasteiger partial charge in [-0.25, -0.2) is 0 Å². The standard InChI is InChI=1S/C15H20O2/c1-11(2)9-13(16)10-15(3)7-4-5-12-6-8-17-14(12)15/h6,8-9H,4-5,7,10H2,1-3H3. The highest BCUT2D eigenvalue weighted by Crippen LogP contribution is 2.40. The van der Waals surface area contributed by atoms with Gasteiger partial charge in [-0.05, 0) is 50.8 Å². The summed E-state index contributed by atoms with van der Waals surface area (Å²) in [4.78, 5) is 11.9. The summed E-state index contributed by atoms with van der Waals surface area (Å²) in [6, 6.07) is 2.04. The maximum atomic E-state index is 11.9. The van der Waals surface area contributed by atoms with Gasteiger partial charge in [0.2, 0.25) is 0 Å². The fourth-order valence-electron chi connectivity index (χ4n) is 2.77. The first-order chi connectivity index (χ1) is 8.01. The second-order valence-corrected chi connectivity index (χ2v) is 5.55. The van der Waals surface area contributed by atoms with Gasteiger partial charge in [0.05, 0.1) is 6.26 Å². The lowest BCUT2D eigenvalue weighted by atomic mass is 9.72. The zero-order valence-corrected chi connectivity index (χ0v) is 10.9. The Morgan fingerprint density at radius 3 is 3.00 bits per heavy atom. The largest absolute Gasteiger partial charge is 0.468 e. The monoisotopic (exact) mass is 232 g/mol. The molecule has 1 atom stereocenters. The topological polar surface area (TPSA) is 30.2 Å². The number of fused-ring (bicyclic) bond motifs is 1. The van der Waals surface area contributed by atoms with Crippen LogP contribution in [0.4, 0.5) is 0 Å². The molecule has 0 bridgehead atoms. The fourth-order valence-corrected chi connectivity index (χ4v) is 2.77. The first-order valence-corrected chi connectivity index (χ1v) is 6.26. The van der Waals surface area contributed by atoms with Crippen LogP contribution < -0.4 is 0 Å². The molecule has 1 heterocycles. The van der Waals surface area contributed by atoms with Gasteiger partial charge >= 0.3 is 0 Å². The molecule has 2 nitrogen and oxygen atoms in total. The zero-order valence-electron chi connectivity index (χ0n) is 10.9. The van der Waals surface area contributed by atoms with Crippen LogP contribution in [-0.2, 0) is 16.6 Å². The van der Waals surface area contributed by atoms with Crippen molar-refractivity contribution >= 4 is 5.78 Å². The number of allylic oxidation sites excluding steroid dienone is 2. The lowest BCUT2D eigenvalue weighted by Gasteiger charge is -2.31. The summed E-state index contributed by atoms with van der Waals surface area (Å²) in [5.41, 5.74) is 2.23. The van der Waals surface area contributed by atoms with Crippen LogP contribution in [0.25, 0.3) is 0 Å². The van der Waals surface area contributed by atoms with E-state index in [-0.39, 0.29) is 11.2 Å².